The number of fused-ring (bicyclic) bond motifs is 11. The Hall–Kier alpha value is -5.30. The summed E-state index contributed by atoms with van der Waals surface area (Å²) in [6, 6.07) is 25.3. The molecule has 2 N–H and O–H groups in total. The van der Waals surface area contributed by atoms with E-state index in [0.717, 1.165) is 59.5 Å². The van der Waals surface area contributed by atoms with E-state index in [0.29, 0.717) is 16.7 Å². The quantitative estimate of drug-likeness (QED) is 0.231. The van der Waals surface area contributed by atoms with Crippen molar-refractivity contribution in [2.24, 2.45) is 5.10 Å². The number of rotatable bonds is 2. The third kappa shape index (κ3) is 2.65. The number of H-pyrrole nitrogens is 2. The molecule has 0 saturated heterocycles. The van der Waals surface area contributed by atoms with Gasteiger partial charge < -0.3 is 9.97 Å². The van der Waals surface area contributed by atoms with Crippen molar-refractivity contribution in [3.8, 4) is 0 Å². The summed E-state index contributed by atoms with van der Waals surface area (Å²) in [5, 5.41) is 9.53. The van der Waals surface area contributed by atoms with Gasteiger partial charge in [-0.05, 0) is 24.3 Å². The molecule has 0 atom stereocenters. The van der Waals surface area contributed by atoms with E-state index in [-0.39, 0.29) is 0 Å². The fourth-order valence-electron chi connectivity index (χ4n) is 5.55. The van der Waals surface area contributed by atoms with E-state index in [1.807, 2.05) is 78.9 Å². The molecule has 0 fully saturated rings. The second-order valence-electron chi connectivity index (χ2n) is 9.22. The molecule has 2 amide bonds. The zero-order valence-electron chi connectivity index (χ0n) is 19.3. The third-order valence-corrected chi connectivity index (χ3v) is 7.16. The zero-order valence-corrected chi connectivity index (χ0v) is 19.3. The maximum absolute atomic E-state index is 13.8. The fourth-order valence-corrected chi connectivity index (χ4v) is 5.55. The van der Waals surface area contributed by atoms with Crippen LogP contribution in [-0.2, 0) is 0 Å². The maximum atomic E-state index is 13.8. The minimum atomic E-state index is -0.438. The van der Waals surface area contributed by atoms with E-state index in [1.54, 1.807) is 6.20 Å². The summed E-state index contributed by atoms with van der Waals surface area (Å²) in [4.78, 5) is 39.1. The average Bonchev–Trinajstić information content (AvgIpc) is 3.57. The molecular weight excluding hydrogens is 462 g/mol. The first-order chi connectivity index (χ1) is 18.2. The Bertz CT molecular complexity index is 2040. The van der Waals surface area contributed by atoms with Crippen LogP contribution in [0, 0.1) is 0 Å². The lowest BCUT2D eigenvalue weighted by Crippen LogP contribution is -2.24. The molecule has 0 radical (unpaired) electrons. The van der Waals surface area contributed by atoms with Crippen molar-refractivity contribution in [1.29, 1.82) is 0 Å². The summed E-state index contributed by atoms with van der Waals surface area (Å²) in [6.07, 6.45) is 3.19. The molecule has 4 heterocycles. The van der Waals surface area contributed by atoms with Crippen molar-refractivity contribution < 1.29 is 9.59 Å². The SMILES string of the molecule is O=C1c2c(c3c4ccccc4[nH]c3c3[nH]c4ccccc4c23)C(=O)N1/N=C/c1cnc2ccccc2c1. The number of carbonyl (C=O) groups excluding carboxylic acids is 2. The van der Waals surface area contributed by atoms with Crippen LogP contribution in [0.25, 0.3) is 54.5 Å². The van der Waals surface area contributed by atoms with Crippen molar-refractivity contribution in [1.82, 2.24) is 20.0 Å². The molecule has 7 nitrogen and oxygen atoms in total. The van der Waals surface area contributed by atoms with E-state index in [2.05, 4.69) is 20.1 Å². The first-order valence-corrected chi connectivity index (χ1v) is 11.9. The van der Waals surface area contributed by atoms with Crippen LogP contribution >= 0.6 is 0 Å². The number of hydrogen-bond acceptors (Lipinski definition) is 4. The number of imide groups is 1. The molecule has 3 aromatic heterocycles. The van der Waals surface area contributed by atoms with Crippen LogP contribution in [-0.4, -0.2) is 38.0 Å². The van der Waals surface area contributed by atoms with Crippen LogP contribution in [0.3, 0.4) is 0 Å². The van der Waals surface area contributed by atoms with E-state index < -0.39 is 11.8 Å². The zero-order chi connectivity index (χ0) is 24.7. The van der Waals surface area contributed by atoms with E-state index in [4.69, 9.17) is 0 Å². The third-order valence-electron chi connectivity index (χ3n) is 7.16. The molecule has 0 saturated carbocycles. The average molecular weight is 479 g/mol. The van der Waals surface area contributed by atoms with Gasteiger partial charge in [-0.15, -0.1) is 0 Å². The Morgan fingerprint density at radius 3 is 1.95 bits per heavy atom. The minimum absolute atomic E-state index is 0.378. The summed E-state index contributed by atoms with van der Waals surface area (Å²) in [5.41, 5.74) is 5.72. The van der Waals surface area contributed by atoms with E-state index >= 15 is 0 Å². The Labute approximate surface area is 209 Å². The highest BCUT2D eigenvalue weighted by molar-refractivity contribution is 6.39. The highest BCUT2D eigenvalue weighted by Gasteiger charge is 2.41. The first-order valence-electron chi connectivity index (χ1n) is 11.9. The number of aromatic amines is 2. The molecule has 7 heteroatoms. The van der Waals surface area contributed by atoms with Gasteiger partial charge in [-0.1, -0.05) is 54.6 Å². The predicted molar refractivity (Wildman–Crippen MR) is 145 cm³/mol. The molecule has 0 aliphatic carbocycles. The lowest BCUT2D eigenvalue weighted by atomic mass is 9.97. The largest absolute Gasteiger partial charge is 0.353 e. The number of amides is 2. The smallest absolute Gasteiger partial charge is 0.283 e. The second-order valence-corrected chi connectivity index (χ2v) is 9.22. The summed E-state index contributed by atoms with van der Waals surface area (Å²) in [6.45, 7) is 0. The molecular formula is C30H17N5O2. The normalized spacial score (nSPS) is 13.9. The predicted octanol–water partition coefficient (Wildman–Crippen LogP) is 6.13. The lowest BCUT2D eigenvalue weighted by Gasteiger charge is -2.06. The Balaban J connectivity index is 1.38. The van der Waals surface area contributed by atoms with Crippen molar-refractivity contribution in [2.45, 2.75) is 0 Å². The summed E-state index contributed by atoms with van der Waals surface area (Å²) in [5.74, 6) is -0.876. The molecule has 0 bridgehead atoms. The van der Waals surface area contributed by atoms with Gasteiger partial charge in [0.1, 0.15) is 0 Å². The molecule has 4 aromatic carbocycles. The number of nitrogens with one attached hydrogen (secondary N) is 2. The molecule has 0 spiro atoms. The van der Waals surface area contributed by atoms with Crippen molar-refractivity contribution >= 4 is 72.5 Å². The van der Waals surface area contributed by atoms with Gasteiger partial charge in [0.05, 0.1) is 33.9 Å². The number of hydrogen-bond donors (Lipinski definition) is 2. The van der Waals surface area contributed by atoms with Crippen LogP contribution in [0.4, 0.5) is 0 Å². The molecule has 8 rings (SSSR count). The molecule has 37 heavy (non-hydrogen) atoms. The van der Waals surface area contributed by atoms with Gasteiger partial charge in [0.25, 0.3) is 11.8 Å². The Morgan fingerprint density at radius 2 is 1.30 bits per heavy atom. The Morgan fingerprint density at radius 1 is 0.730 bits per heavy atom. The second kappa shape index (κ2) is 7.11. The molecule has 174 valence electrons. The van der Waals surface area contributed by atoms with Crippen molar-refractivity contribution in [2.75, 3.05) is 0 Å². The van der Waals surface area contributed by atoms with Crippen LogP contribution < -0.4 is 0 Å². The van der Waals surface area contributed by atoms with Gasteiger partial charge >= 0.3 is 0 Å². The number of aromatic nitrogens is 3. The molecule has 0 unspecified atom stereocenters. The molecule has 7 aromatic rings. The monoisotopic (exact) mass is 479 g/mol. The number of benzene rings is 4. The van der Waals surface area contributed by atoms with E-state index in [9.17, 15) is 9.59 Å². The van der Waals surface area contributed by atoms with Gasteiger partial charge in [-0.2, -0.15) is 10.1 Å². The molecule has 1 aliphatic heterocycles. The van der Waals surface area contributed by atoms with Gasteiger partial charge in [0.2, 0.25) is 0 Å². The van der Waals surface area contributed by atoms with Crippen LogP contribution in [0.2, 0.25) is 0 Å². The summed E-state index contributed by atoms with van der Waals surface area (Å²) < 4.78 is 0. The number of pyridine rings is 1. The lowest BCUT2D eigenvalue weighted by molar-refractivity contribution is 0.0661. The maximum Gasteiger partial charge on any atom is 0.283 e. The van der Waals surface area contributed by atoms with Crippen LogP contribution in [0.1, 0.15) is 26.3 Å². The topological polar surface area (TPSA) is 94.2 Å². The van der Waals surface area contributed by atoms with Crippen LogP contribution in [0.15, 0.2) is 90.2 Å². The molecule has 1 aliphatic rings. The highest BCUT2D eigenvalue weighted by atomic mass is 16.2. The summed E-state index contributed by atoms with van der Waals surface area (Å²) in [7, 11) is 0. The van der Waals surface area contributed by atoms with E-state index in [1.165, 1.54) is 6.21 Å². The summed E-state index contributed by atoms with van der Waals surface area (Å²) >= 11 is 0. The number of carbonyl (C=O) groups is 2. The van der Waals surface area contributed by atoms with Crippen LogP contribution in [0.5, 0.6) is 0 Å². The van der Waals surface area contributed by atoms with Gasteiger partial charge in [-0.3, -0.25) is 14.6 Å². The van der Waals surface area contributed by atoms with Gasteiger partial charge in [-0.25, -0.2) is 0 Å². The number of hydrazone groups is 1. The fraction of sp³-hybridized carbons (Fsp3) is 0. The standard InChI is InChI=1S/C30H17N5O2/c36-29-25-23-18-8-2-5-11-21(18)33-27(23)28-24(19-9-3-6-12-22(19)34-28)26(25)30(37)35(29)32-15-16-13-17-7-1-4-10-20(17)31-14-16/h1-15,33-34H/b32-15+. The minimum Gasteiger partial charge on any atom is -0.353 e. The first kappa shape index (κ1) is 19.9. The highest BCUT2D eigenvalue weighted by Crippen LogP contribution is 2.43. The number of para-hydroxylation sites is 3. The van der Waals surface area contributed by atoms with Gasteiger partial charge in [0.15, 0.2) is 0 Å². The van der Waals surface area contributed by atoms with Crippen molar-refractivity contribution in [3.63, 3.8) is 0 Å². The van der Waals surface area contributed by atoms with Crippen molar-refractivity contribution in [3.05, 3.63) is 102 Å². The van der Waals surface area contributed by atoms with Gasteiger partial charge in [0, 0.05) is 49.7 Å². The Kier molecular flexibility index (Phi) is 3.84. The number of nitrogens with zero attached hydrogens (tertiary/aromatic N) is 3.